The van der Waals surface area contributed by atoms with Gasteiger partial charge >= 0.3 is 0 Å². The van der Waals surface area contributed by atoms with E-state index in [1.165, 1.54) is 0 Å². The Labute approximate surface area is 127 Å². The van der Waals surface area contributed by atoms with Crippen molar-refractivity contribution in [3.8, 4) is 5.75 Å². The number of halogens is 1. The van der Waals surface area contributed by atoms with E-state index < -0.39 is 0 Å². The predicted molar refractivity (Wildman–Crippen MR) is 83.4 cm³/mol. The van der Waals surface area contributed by atoms with Crippen LogP contribution in [0.2, 0.25) is 0 Å². The molecule has 0 unspecified atom stereocenters. The summed E-state index contributed by atoms with van der Waals surface area (Å²) in [6, 6.07) is 5.38. The first-order valence-corrected chi connectivity index (χ1v) is 7.51. The quantitative estimate of drug-likeness (QED) is 0.807. The Balaban J connectivity index is 2.12. The third kappa shape index (κ3) is 3.39. The molecule has 0 spiro atoms. The molecule has 104 valence electrons. The normalized spacial score (nSPS) is 17.4. The Morgan fingerprint density at radius 3 is 2.68 bits per heavy atom. The minimum Gasteiger partial charge on any atom is -0.507 e. The van der Waals surface area contributed by atoms with E-state index in [1.54, 1.807) is 23.1 Å². The van der Waals surface area contributed by atoms with Crippen LogP contribution in [0.15, 0.2) is 18.2 Å². The Morgan fingerprint density at radius 2 is 2.05 bits per heavy atom. The van der Waals surface area contributed by atoms with Crippen molar-refractivity contribution in [2.45, 2.75) is 18.9 Å². The van der Waals surface area contributed by atoms with Gasteiger partial charge in [-0.3, -0.25) is 4.79 Å². The third-order valence-corrected chi connectivity index (χ3v) is 4.42. The van der Waals surface area contributed by atoms with E-state index in [0.717, 1.165) is 29.5 Å². The van der Waals surface area contributed by atoms with Crippen LogP contribution in [0.3, 0.4) is 0 Å². The predicted octanol–water partition coefficient (Wildman–Crippen LogP) is 2.16. The minimum absolute atomic E-state index is 0.0604. The molecular formula is C14H19IN2O2. The molecule has 0 aliphatic carbocycles. The fourth-order valence-corrected chi connectivity index (χ4v) is 2.91. The number of piperidine rings is 1. The summed E-state index contributed by atoms with van der Waals surface area (Å²) in [5.41, 5.74) is 0.397. The molecule has 1 aromatic rings. The number of benzene rings is 1. The van der Waals surface area contributed by atoms with Crippen LogP contribution in [0.4, 0.5) is 0 Å². The van der Waals surface area contributed by atoms with Crippen molar-refractivity contribution in [3.63, 3.8) is 0 Å². The number of aromatic hydroxyl groups is 1. The van der Waals surface area contributed by atoms with Crippen molar-refractivity contribution in [2.75, 3.05) is 27.2 Å². The SMILES string of the molecule is CN1CCC(N(C)C(=O)c2cc(I)ccc2O)CC1. The first-order chi connectivity index (χ1) is 8.99. The second-order valence-corrected chi connectivity index (χ2v) is 6.36. The van der Waals surface area contributed by atoms with E-state index in [-0.39, 0.29) is 17.7 Å². The van der Waals surface area contributed by atoms with Crippen LogP contribution < -0.4 is 0 Å². The standard InChI is InChI=1S/C14H19IN2O2/c1-16-7-5-11(6-8-16)17(2)14(19)12-9-10(15)3-4-13(12)18/h3-4,9,11,18H,5-8H2,1-2H3. The van der Waals surface area contributed by atoms with Gasteiger partial charge in [0.05, 0.1) is 5.56 Å². The molecule has 0 aromatic heterocycles. The van der Waals surface area contributed by atoms with E-state index in [4.69, 9.17) is 0 Å². The van der Waals surface area contributed by atoms with E-state index in [1.807, 2.05) is 7.05 Å². The summed E-state index contributed by atoms with van der Waals surface area (Å²) in [7, 11) is 3.93. The molecule has 1 aliphatic rings. The molecule has 0 atom stereocenters. The number of hydrogen-bond donors (Lipinski definition) is 1. The monoisotopic (exact) mass is 374 g/mol. The highest BCUT2D eigenvalue weighted by Gasteiger charge is 2.26. The van der Waals surface area contributed by atoms with Gasteiger partial charge in [0.2, 0.25) is 0 Å². The number of amides is 1. The van der Waals surface area contributed by atoms with Crippen LogP contribution in [-0.2, 0) is 0 Å². The lowest BCUT2D eigenvalue weighted by molar-refractivity contribution is 0.0656. The number of carbonyl (C=O) groups is 1. The fourth-order valence-electron chi connectivity index (χ4n) is 2.42. The van der Waals surface area contributed by atoms with Crippen molar-refractivity contribution in [1.29, 1.82) is 0 Å². The van der Waals surface area contributed by atoms with Crippen LogP contribution in [0.5, 0.6) is 5.75 Å². The number of likely N-dealkylation sites (tertiary alicyclic amines) is 1. The van der Waals surface area contributed by atoms with Gasteiger partial charge in [0.25, 0.3) is 5.91 Å². The highest BCUT2D eigenvalue weighted by Crippen LogP contribution is 2.23. The fraction of sp³-hybridized carbons (Fsp3) is 0.500. The Hall–Kier alpha value is -0.820. The molecule has 0 saturated carbocycles. The second-order valence-electron chi connectivity index (χ2n) is 5.11. The molecule has 5 heteroatoms. The van der Waals surface area contributed by atoms with Crippen molar-refractivity contribution in [2.24, 2.45) is 0 Å². The summed E-state index contributed by atoms with van der Waals surface area (Å²) in [6.07, 6.45) is 1.98. The van der Waals surface area contributed by atoms with Gasteiger partial charge in [0.1, 0.15) is 5.75 Å². The number of carbonyl (C=O) groups excluding carboxylic acids is 1. The summed E-state index contributed by atoms with van der Waals surface area (Å²) < 4.78 is 0.954. The molecule has 0 bridgehead atoms. The first kappa shape index (κ1) is 14.6. The highest BCUT2D eigenvalue weighted by atomic mass is 127. The maximum absolute atomic E-state index is 12.4. The summed E-state index contributed by atoms with van der Waals surface area (Å²) in [5, 5.41) is 9.84. The summed E-state index contributed by atoms with van der Waals surface area (Å²) in [6.45, 7) is 2.03. The number of rotatable bonds is 2. The lowest BCUT2D eigenvalue weighted by Gasteiger charge is -2.35. The smallest absolute Gasteiger partial charge is 0.257 e. The number of phenolic OH excluding ortho intramolecular Hbond substituents is 1. The van der Waals surface area contributed by atoms with Gasteiger partial charge in [-0.15, -0.1) is 0 Å². The van der Waals surface area contributed by atoms with Gasteiger partial charge in [-0.05, 0) is 73.8 Å². The van der Waals surface area contributed by atoms with Gasteiger partial charge < -0.3 is 14.9 Å². The molecule has 2 rings (SSSR count). The molecule has 1 saturated heterocycles. The zero-order chi connectivity index (χ0) is 14.0. The van der Waals surface area contributed by atoms with Crippen molar-refractivity contribution < 1.29 is 9.90 Å². The number of hydrogen-bond acceptors (Lipinski definition) is 3. The number of phenols is 1. The second kappa shape index (κ2) is 6.09. The molecule has 0 radical (unpaired) electrons. The molecule has 1 aliphatic heterocycles. The van der Waals surface area contributed by atoms with Crippen molar-refractivity contribution >= 4 is 28.5 Å². The molecule has 1 amide bonds. The topological polar surface area (TPSA) is 43.8 Å². The molecule has 1 aromatic carbocycles. The number of nitrogens with zero attached hydrogens (tertiary/aromatic N) is 2. The maximum Gasteiger partial charge on any atom is 0.257 e. The van der Waals surface area contributed by atoms with E-state index in [9.17, 15) is 9.90 Å². The highest BCUT2D eigenvalue weighted by molar-refractivity contribution is 14.1. The van der Waals surface area contributed by atoms with E-state index in [0.29, 0.717) is 5.56 Å². The molecule has 4 nitrogen and oxygen atoms in total. The summed E-state index contributed by atoms with van der Waals surface area (Å²) >= 11 is 2.15. The molecule has 19 heavy (non-hydrogen) atoms. The average Bonchev–Trinajstić information content (AvgIpc) is 2.41. The van der Waals surface area contributed by atoms with Gasteiger partial charge in [-0.25, -0.2) is 0 Å². The summed E-state index contributed by atoms with van der Waals surface area (Å²) in [4.78, 5) is 16.5. The van der Waals surface area contributed by atoms with Gasteiger partial charge in [0.15, 0.2) is 0 Å². The van der Waals surface area contributed by atoms with Crippen LogP contribution in [0.1, 0.15) is 23.2 Å². The van der Waals surface area contributed by atoms with E-state index in [2.05, 4.69) is 34.5 Å². The lowest BCUT2D eigenvalue weighted by atomic mass is 10.0. The summed E-state index contributed by atoms with van der Waals surface area (Å²) in [5.74, 6) is -0.0317. The van der Waals surface area contributed by atoms with Gasteiger partial charge in [0, 0.05) is 16.7 Å². The van der Waals surface area contributed by atoms with Gasteiger partial charge in [-0.2, -0.15) is 0 Å². The van der Waals surface area contributed by atoms with Crippen molar-refractivity contribution in [3.05, 3.63) is 27.3 Å². The average molecular weight is 374 g/mol. The molecular weight excluding hydrogens is 355 g/mol. The van der Waals surface area contributed by atoms with Crippen molar-refractivity contribution in [1.82, 2.24) is 9.80 Å². The largest absolute Gasteiger partial charge is 0.507 e. The Kier molecular flexibility index (Phi) is 4.67. The third-order valence-electron chi connectivity index (χ3n) is 3.75. The zero-order valence-corrected chi connectivity index (χ0v) is 13.4. The van der Waals surface area contributed by atoms with E-state index >= 15 is 0 Å². The van der Waals surface area contributed by atoms with Crippen LogP contribution in [-0.4, -0.2) is 54.0 Å². The lowest BCUT2D eigenvalue weighted by Crippen LogP contribution is -2.44. The zero-order valence-electron chi connectivity index (χ0n) is 11.3. The van der Waals surface area contributed by atoms with Crippen LogP contribution >= 0.6 is 22.6 Å². The van der Waals surface area contributed by atoms with Gasteiger partial charge in [-0.1, -0.05) is 0 Å². The minimum atomic E-state index is -0.0921. The molecule has 1 fully saturated rings. The van der Waals surface area contributed by atoms with Crippen LogP contribution in [0.25, 0.3) is 0 Å². The maximum atomic E-state index is 12.4. The first-order valence-electron chi connectivity index (χ1n) is 6.43. The Morgan fingerprint density at radius 1 is 1.42 bits per heavy atom. The van der Waals surface area contributed by atoms with Crippen LogP contribution in [0, 0.1) is 3.57 Å². The molecule has 1 N–H and O–H groups in total. The Bertz CT molecular complexity index is 471. The molecule has 1 heterocycles.